The number of H-pyrrole nitrogens is 1. The molecule has 0 unspecified atom stereocenters. The summed E-state index contributed by atoms with van der Waals surface area (Å²) in [5.41, 5.74) is 4.22. The molecule has 26 heavy (non-hydrogen) atoms. The van der Waals surface area contributed by atoms with Crippen LogP contribution in [0.5, 0.6) is 0 Å². The molecule has 2 amide bonds. The van der Waals surface area contributed by atoms with Crippen molar-refractivity contribution in [3.63, 3.8) is 0 Å². The van der Waals surface area contributed by atoms with Gasteiger partial charge in [-0.05, 0) is 38.5 Å². The van der Waals surface area contributed by atoms with Crippen molar-refractivity contribution in [3.8, 4) is 0 Å². The number of carbonyl (C=O) groups is 1. The fourth-order valence-corrected chi connectivity index (χ4v) is 3.42. The smallest absolute Gasteiger partial charge is 0.317 e. The molecule has 0 bridgehead atoms. The Labute approximate surface area is 152 Å². The first kappa shape index (κ1) is 16.6. The van der Waals surface area contributed by atoms with E-state index in [0.29, 0.717) is 25.6 Å². The topological polar surface area (TPSA) is 78.8 Å². The Kier molecular flexibility index (Phi) is 4.36. The van der Waals surface area contributed by atoms with E-state index in [9.17, 15) is 4.79 Å². The van der Waals surface area contributed by atoms with E-state index in [-0.39, 0.29) is 6.03 Å². The molecule has 3 heterocycles. The van der Waals surface area contributed by atoms with Gasteiger partial charge in [-0.1, -0.05) is 12.1 Å². The fourth-order valence-electron chi connectivity index (χ4n) is 3.42. The maximum atomic E-state index is 12.2. The molecule has 7 heteroatoms. The predicted octanol–water partition coefficient (Wildman–Crippen LogP) is 2.58. The van der Waals surface area contributed by atoms with Gasteiger partial charge in [-0.15, -0.1) is 0 Å². The van der Waals surface area contributed by atoms with Crippen molar-refractivity contribution in [2.45, 2.75) is 32.7 Å². The van der Waals surface area contributed by atoms with Crippen LogP contribution in [0.2, 0.25) is 0 Å². The first-order valence-electron chi connectivity index (χ1n) is 9.08. The van der Waals surface area contributed by atoms with Gasteiger partial charge in [0.1, 0.15) is 5.82 Å². The first-order chi connectivity index (χ1) is 12.6. The molecular formula is C19H24N6O. The SMILES string of the molecule is Cc1cc(C)n(CCCNC(=O)N2CC(c3nc4ccccc4[nH]3)C2)n1. The van der Waals surface area contributed by atoms with Gasteiger partial charge in [0.05, 0.1) is 22.6 Å². The third kappa shape index (κ3) is 3.29. The van der Waals surface area contributed by atoms with Crippen LogP contribution in [0.15, 0.2) is 30.3 Å². The Morgan fingerprint density at radius 3 is 2.85 bits per heavy atom. The van der Waals surface area contributed by atoms with Gasteiger partial charge in [0.15, 0.2) is 0 Å². The Morgan fingerprint density at radius 1 is 1.31 bits per heavy atom. The van der Waals surface area contributed by atoms with E-state index in [4.69, 9.17) is 0 Å². The molecule has 0 spiro atoms. The highest BCUT2D eigenvalue weighted by molar-refractivity contribution is 5.76. The van der Waals surface area contributed by atoms with Gasteiger partial charge >= 0.3 is 6.03 Å². The summed E-state index contributed by atoms with van der Waals surface area (Å²) in [4.78, 5) is 22.0. The highest BCUT2D eigenvalue weighted by Gasteiger charge is 2.33. The van der Waals surface area contributed by atoms with Crippen LogP contribution in [0.1, 0.15) is 29.6 Å². The average molecular weight is 352 g/mol. The standard InChI is InChI=1S/C19H24N6O/c1-13-10-14(2)25(23-13)9-5-8-20-19(26)24-11-15(12-24)18-21-16-6-3-4-7-17(16)22-18/h3-4,6-7,10,15H,5,8-9,11-12H2,1-2H3,(H,20,26)(H,21,22). The molecular weight excluding hydrogens is 328 g/mol. The summed E-state index contributed by atoms with van der Waals surface area (Å²) in [6, 6.07) is 10.1. The van der Waals surface area contributed by atoms with Crippen LogP contribution in [-0.4, -0.2) is 50.3 Å². The molecule has 136 valence electrons. The number of fused-ring (bicyclic) bond motifs is 1. The average Bonchev–Trinajstić information content (AvgIpc) is 3.12. The Balaban J connectivity index is 1.21. The molecule has 1 aromatic carbocycles. The number of aromatic nitrogens is 4. The minimum Gasteiger partial charge on any atom is -0.342 e. The molecule has 0 saturated carbocycles. The first-order valence-corrected chi connectivity index (χ1v) is 9.08. The fraction of sp³-hybridized carbons (Fsp3) is 0.421. The van der Waals surface area contributed by atoms with Crippen molar-refractivity contribution in [1.82, 2.24) is 30.0 Å². The minimum atomic E-state index is 0.00530. The molecule has 3 aromatic rings. The molecule has 7 nitrogen and oxygen atoms in total. The van der Waals surface area contributed by atoms with Gasteiger partial charge in [-0.2, -0.15) is 5.10 Å². The molecule has 0 radical (unpaired) electrons. The zero-order valence-electron chi connectivity index (χ0n) is 15.2. The van der Waals surface area contributed by atoms with Crippen LogP contribution in [0.3, 0.4) is 0 Å². The number of benzene rings is 1. The van der Waals surface area contributed by atoms with E-state index in [0.717, 1.165) is 41.2 Å². The highest BCUT2D eigenvalue weighted by atomic mass is 16.2. The van der Waals surface area contributed by atoms with Crippen LogP contribution in [0.4, 0.5) is 4.79 Å². The molecule has 1 saturated heterocycles. The number of aromatic amines is 1. The van der Waals surface area contributed by atoms with E-state index < -0.39 is 0 Å². The normalized spacial score (nSPS) is 14.6. The number of hydrogen-bond acceptors (Lipinski definition) is 3. The van der Waals surface area contributed by atoms with Crippen molar-refractivity contribution in [3.05, 3.63) is 47.5 Å². The maximum absolute atomic E-state index is 12.2. The number of likely N-dealkylation sites (tertiary alicyclic amines) is 1. The third-order valence-corrected chi connectivity index (χ3v) is 4.89. The molecule has 1 aliphatic heterocycles. The third-order valence-electron chi connectivity index (χ3n) is 4.89. The van der Waals surface area contributed by atoms with Gasteiger partial charge in [0.25, 0.3) is 0 Å². The molecule has 2 N–H and O–H groups in total. The second kappa shape index (κ2) is 6.82. The van der Waals surface area contributed by atoms with Crippen LogP contribution < -0.4 is 5.32 Å². The van der Waals surface area contributed by atoms with Gasteiger partial charge in [0.2, 0.25) is 0 Å². The Hall–Kier alpha value is -2.83. The number of urea groups is 1. The monoisotopic (exact) mass is 352 g/mol. The lowest BCUT2D eigenvalue weighted by Crippen LogP contribution is -2.53. The van der Waals surface area contributed by atoms with E-state index in [1.54, 1.807) is 0 Å². The largest absolute Gasteiger partial charge is 0.342 e. The van der Waals surface area contributed by atoms with Crippen LogP contribution in [0.25, 0.3) is 11.0 Å². The van der Waals surface area contributed by atoms with Crippen molar-refractivity contribution in [1.29, 1.82) is 0 Å². The molecule has 4 rings (SSSR count). The summed E-state index contributed by atoms with van der Waals surface area (Å²) in [7, 11) is 0. The molecule has 2 aromatic heterocycles. The lowest BCUT2D eigenvalue weighted by atomic mass is 10.0. The highest BCUT2D eigenvalue weighted by Crippen LogP contribution is 2.26. The quantitative estimate of drug-likeness (QED) is 0.693. The van der Waals surface area contributed by atoms with Crippen LogP contribution >= 0.6 is 0 Å². The molecule has 0 atom stereocenters. The lowest BCUT2D eigenvalue weighted by molar-refractivity contribution is 0.148. The summed E-state index contributed by atoms with van der Waals surface area (Å²) < 4.78 is 1.99. The number of nitrogens with zero attached hydrogens (tertiary/aromatic N) is 4. The van der Waals surface area contributed by atoms with Crippen molar-refractivity contribution >= 4 is 17.1 Å². The second-order valence-electron chi connectivity index (χ2n) is 6.98. The van der Waals surface area contributed by atoms with Gasteiger partial charge in [0, 0.05) is 31.9 Å². The van der Waals surface area contributed by atoms with Crippen molar-refractivity contribution in [2.24, 2.45) is 0 Å². The van der Waals surface area contributed by atoms with Crippen LogP contribution in [0, 0.1) is 13.8 Å². The maximum Gasteiger partial charge on any atom is 0.317 e. The number of carbonyl (C=O) groups excluding carboxylic acids is 1. The number of para-hydroxylation sites is 2. The number of amides is 2. The lowest BCUT2D eigenvalue weighted by Gasteiger charge is -2.38. The minimum absolute atomic E-state index is 0.00530. The van der Waals surface area contributed by atoms with E-state index in [1.807, 2.05) is 40.8 Å². The summed E-state index contributed by atoms with van der Waals surface area (Å²) in [6.07, 6.45) is 0.870. The summed E-state index contributed by atoms with van der Waals surface area (Å²) >= 11 is 0. The van der Waals surface area contributed by atoms with Crippen molar-refractivity contribution < 1.29 is 4.79 Å². The molecule has 0 aliphatic carbocycles. The van der Waals surface area contributed by atoms with Crippen LogP contribution in [-0.2, 0) is 6.54 Å². The summed E-state index contributed by atoms with van der Waals surface area (Å²) in [5.74, 6) is 1.27. The van der Waals surface area contributed by atoms with E-state index in [2.05, 4.69) is 33.4 Å². The van der Waals surface area contributed by atoms with E-state index in [1.165, 1.54) is 0 Å². The second-order valence-corrected chi connectivity index (χ2v) is 6.98. The van der Waals surface area contributed by atoms with Gasteiger partial charge in [-0.3, -0.25) is 4.68 Å². The number of aryl methyl sites for hydroxylation is 3. The molecule has 1 fully saturated rings. The summed E-state index contributed by atoms with van der Waals surface area (Å²) in [6.45, 7) is 6.95. The zero-order valence-corrected chi connectivity index (χ0v) is 15.2. The number of hydrogen-bond donors (Lipinski definition) is 2. The molecule has 1 aliphatic rings. The predicted molar refractivity (Wildman–Crippen MR) is 100 cm³/mol. The number of nitrogens with one attached hydrogen (secondary N) is 2. The van der Waals surface area contributed by atoms with Gasteiger partial charge < -0.3 is 15.2 Å². The number of rotatable bonds is 5. The number of imidazole rings is 1. The van der Waals surface area contributed by atoms with E-state index >= 15 is 0 Å². The Morgan fingerprint density at radius 2 is 2.12 bits per heavy atom. The Bertz CT molecular complexity index is 888. The van der Waals surface area contributed by atoms with Gasteiger partial charge in [-0.25, -0.2) is 9.78 Å². The van der Waals surface area contributed by atoms with Crippen molar-refractivity contribution in [2.75, 3.05) is 19.6 Å². The zero-order chi connectivity index (χ0) is 18.1. The summed E-state index contributed by atoms with van der Waals surface area (Å²) in [5, 5.41) is 7.43.